The summed E-state index contributed by atoms with van der Waals surface area (Å²) in [6.07, 6.45) is -0.440. The third-order valence-corrected chi connectivity index (χ3v) is 4.59. The van der Waals surface area contributed by atoms with Gasteiger partial charge >= 0.3 is 0 Å². The fraction of sp³-hybridized carbons (Fsp3) is 0.174. The predicted molar refractivity (Wildman–Crippen MR) is 103 cm³/mol. The minimum absolute atomic E-state index is 0.0586. The van der Waals surface area contributed by atoms with Crippen LogP contribution in [0.15, 0.2) is 84.9 Å². The molecule has 0 spiro atoms. The summed E-state index contributed by atoms with van der Waals surface area (Å²) in [5.41, 5.74) is 3.71. The zero-order valence-electron chi connectivity index (χ0n) is 15.0. The molecule has 4 rings (SSSR count). The zero-order chi connectivity index (χ0) is 18.5. The SMILES string of the molecule is O=C1c2ccccc2[C@@H](OCc2ccccc2)N1COCc1ccccc1. The van der Waals surface area contributed by atoms with Gasteiger partial charge in [0.2, 0.25) is 0 Å². The molecule has 27 heavy (non-hydrogen) atoms. The highest BCUT2D eigenvalue weighted by Gasteiger charge is 2.37. The Morgan fingerprint density at radius 1 is 0.741 bits per heavy atom. The molecule has 0 radical (unpaired) electrons. The van der Waals surface area contributed by atoms with Gasteiger partial charge in [-0.15, -0.1) is 0 Å². The largest absolute Gasteiger partial charge is 0.356 e. The van der Waals surface area contributed by atoms with Crippen molar-refractivity contribution in [3.05, 3.63) is 107 Å². The van der Waals surface area contributed by atoms with Crippen molar-refractivity contribution in [2.24, 2.45) is 0 Å². The third kappa shape index (κ3) is 3.92. The minimum Gasteiger partial charge on any atom is -0.356 e. The van der Waals surface area contributed by atoms with E-state index in [0.717, 1.165) is 16.7 Å². The normalized spacial score (nSPS) is 15.8. The van der Waals surface area contributed by atoms with E-state index in [0.29, 0.717) is 18.8 Å². The lowest BCUT2D eigenvalue weighted by atomic mass is 10.1. The number of nitrogens with zero attached hydrogens (tertiary/aromatic N) is 1. The minimum atomic E-state index is -0.440. The van der Waals surface area contributed by atoms with Crippen molar-refractivity contribution in [2.75, 3.05) is 6.73 Å². The maximum Gasteiger partial charge on any atom is 0.258 e. The van der Waals surface area contributed by atoms with Crippen LogP contribution in [0.2, 0.25) is 0 Å². The van der Waals surface area contributed by atoms with Crippen LogP contribution in [-0.4, -0.2) is 17.5 Å². The second-order valence-corrected chi connectivity index (χ2v) is 6.47. The van der Waals surface area contributed by atoms with Crippen molar-refractivity contribution >= 4 is 5.91 Å². The number of rotatable bonds is 7. The molecule has 4 nitrogen and oxygen atoms in total. The first-order chi connectivity index (χ1) is 13.3. The zero-order valence-corrected chi connectivity index (χ0v) is 15.0. The molecule has 1 amide bonds. The van der Waals surface area contributed by atoms with Gasteiger partial charge in [0, 0.05) is 11.1 Å². The lowest BCUT2D eigenvalue weighted by Gasteiger charge is -2.25. The first kappa shape index (κ1) is 17.5. The van der Waals surface area contributed by atoms with Crippen LogP contribution < -0.4 is 0 Å². The maximum absolute atomic E-state index is 12.8. The molecule has 0 fully saturated rings. The molecule has 0 bridgehead atoms. The Balaban J connectivity index is 1.47. The average Bonchev–Trinajstić information content (AvgIpc) is 3.00. The number of carbonyl (C=O) groups excluding carboxylic acids is 1. The predicted octanol–water partition coefficient (Wildman–Crippen LogP) is 4.53. The van der Waals surface area contributed by atoms with Gasteiger partial charge < -0.3 is 9.47 Å². The van der Waals surface area contributed by atoms with E-state index < -0.39 is 6.23 Å². The van der Waals surface area contributed by atoms with Crippen LogP contribution >= 0.6 is 0 Å². The average molecular weight is 359 g/mol. The van der Waals surface area contributed by atoms with Gasteiger partial charge in [-0.05, 0) is 17.2 Å². The fourth-order valence-electron chi connectivity index (χ4n) is 3.23. The Bertz CT molecular complexity index is 896. The van der Waals surface area contributed by atoms with E-state index in [1.165, 1.54) is 0 Å². The van der Waals surface area contributed by atoms with Crippen LogP contribution in [-0.2, 0) is 22.7 Å². The van der Waals surface area contributed by atoms with Crippen molar-refractivity contribution in [1.29, 1.82) is 0 Å². The number of carbonyl (C=O) groups is 1. The summed E-state index contributed by atoms with van der Waals surface area (Å²) in [7, 11) is 0. The summed E-state index contributed by atoms with van der Waals surface area (Å²) in [5, 5.41) is 0. The topological polar surface area (TPSA) is 38.8 Å². The first-order valence-corrected chi connectivity index (χ1v) is 9.00. The summed E-state index contributed by atoms with van der Waals surface area (Å²) < 4.78 is 11.9. The molecule has 1 aliphatic rings. The lowest BCUT2D eigenvalue weighted by Crippen LogP contribution is -2.31. The number of benzene rings is 3. The van der Waals surface area contributed by atoms with E-state index in [4.69, 9.17) is 9.47 Å². The Morgan fingerprint density at radius 2 is 1.33 bits per heavy atom. The highest BCUT2D eigenvalue weighted by atomic mass is 16.5. The number of hydrogen-bond acceptors (Lipinski definition) is 3. The van der Waals surface area contributed by atoms with E-state index in [-0.39, 0.29) is 12.6 Å². The van der Waals surface area contributed by atoms with E-state index in [9.17, 15) is 4.79 Å². The van der Waals surface area contributed by atoms with Crippen LogP contribution in [0.3, 0.4) is 0 Å². The number of ether oxygens (including phenoxy) is 2. The molecule has 0 aromatic heterocycles. The molecule has 0 aliphatic carbocycles. The number of hydrogen-bond donors (Lipinski definition) is 0. The molecule has 3 aromatic carbocycles. The summed E-state index contributed by atoms with van der Waals surface area (Å²) in [6.45, 7) is 1.07. The van der Waals surface area contributed by atoms with Crippen LogP contribution in [0.1, 0.15) is 33.3 Å². The van der Waals surface area contributed by atoms with Crippen LogP contribution in [0.25, 0.3) is 0 Å². The molecular weight excluding hydrogens is 338 g/mol. The Hall–Kier alpha value is -2.95. The standard InChI is InChI=1S/C23H21NO3/c25-22-20-13-7-8-14-21(20)23(27-16-19-11-5-2-6-12-19)24(22)17-26-15-18-9-3-1-4-10-18/h1-14,23H,15-17H2/t23-/m1/s1. The second kappa shape index (κ2) is 8.16. The van der Waals surface area contributed by atoms with Crippen molar-refractivity contribution in [1.82, 2.24) is 4.90 Å². The van der Waals surface area contributed by atoms with Crippen molar-refractivity contribution in [3.8, 4) is 0 Å². The molecule has 1 aliphatic heterocycles. The maximum atomic E-state index is 12.8. The molecule has 0 saturated heterocycles. The molecule has 4 heteroatoms. The van der Waals surface area contributed by atoms with Gasteiger partial charge in [0.05, 0.1) is 13.2 Å². The van der Waals surface area contributed by atoms with E-state index in [1.54, 1.807) is 4.90 Å². The third-order valence-electron chi connectivity index (χ3n) is 4.59. The summed E-state index contributed by atoms with van der Waals surface area (Å²) in [5.74, 6) is -0.0586. The van der Waals surface area contributed by atoms with Crippen molar-refractivity contribution in [2.45, 2.75) is 19.4 Å². The highest BCUT2D eigenvalue weighted by molar-refractivity contribution is 5.98. The molecule has 0 unspecified atom stereocenters. The molecule has 0 N–H and O–H groups in total. The van der Waals surface area contributed by atoms with Crippen LogP contribution in [0.5, 0.6) is 0 Å². The molecule has 1 heterocycles. The van der Waals surface area contributed by atoms with Crippen LogP contribution in [0, 0.1) is 0 Å². The lowest BCUT2D eigenvalue weighted by molar-refractivity contribution is -0.0922. The molecule has 1 atom stereocenters. The van der Waals surface area contributed by atoms with Gasteiger partial charge in [-0.25, -0.2) is 0 Å². The Morgan fingerprint density at radius 3 is 2.04 bits per heavy atom. The number of fused-ring (bicyclic) bond motifs is 1. The smallest absolute Gasteiger partial charge is 0.258 e. The molecule has 3 aromatic rings. The first-order valence-electron chi connectivity index (χ1n) is 9.00. The van der Waals surface area contributed by atoms with Gasteiger partial charge in [-0.2, -0.15) is 0 Å². The van der Waals surface area contributed by atoms with Gasteiger partial charge in [0.25, 0.3) is 5.91 Å². The molecule has 0 saturated carbocycles. The second-order valence-electron chi connectivity index (χ2n) is 6.47. The summed E-state index contributed by atoms with van der Waals surface area (Å²) >= 11 is 0. The highest BCUT2D eigenvalue weighted by Crippen LogP contribution is 2.34. The van der Waals surface area contributed by atoms with Gasteiger partial charge in [-0.3, -0.25) is 9.69 Å². The van der Waals surface area contributed by atoms with Gasteiger partial charge in [0.1, 0.15) is 6.73 Å². The Kier molecular flexibility index (Phi) is 5.28. The molecular formula is C23H21NO3. The van der Waals surface area contributed by atoms with Crippen molar-refractivity contribution in [3.63, 3.8) is 0 Å². The fourth-order valence-corrected chi connectivity index (χ4v) is 3.23. The number of amides is 1. The quantitative estimate of drug-likeness (QED) is 0.622. The van der Waals surface area contributed by atoms with Crippen LogP contribution in [0.4, 0.5) is 0 Å². The van der Waals surface area contributed by atoms with E-state index in [2.05, 4.69) is 0 Å². The van der Waals surface area contributed by atoms with E-state index >= 15 is 0 Å². The Labute approximate surface area is 159 Å². The summed E-state index contributed by atoms with van der Waals surface area (Å²) in [6, 6.07) is 27.5. The summed E-state index contributed by atoms with van der Waals surface area (Å²) in [4.78, 5) is 14.5. The van der Waals surface area contributed by atoms with Gasteiger partial charge in [-0.1, -0.05) is 78.9 Å². The van der Waals surface area contributed by atoms with E-state index in [1.807, 2.05) is 84.9 Å². The van der Waals surface area contributed by atoms with Gasteiger partial charge in [0.15, 0.2) is 6.23 Å². The monoisotopic (exact) mass is 359 g/mol. The van der Waals surface area contributed by atoms with Crippen molar-refractivity contribution < 1.29 is 14.3 Å². The molecule has 136 valence electrons.